The van der Waals surface area contributed by atoms with Gasteiger partial charge in [0, 0.05) is 12.1 Å². The van der Waals surface area contributed by atoms with Gasteiger partial charge >= 0.3 is 6.18 Å². The van der Waals surface area contributed by atoms with Crippen molar-refractivity contribution in [3.63, 3.8) is 0 Å². The summed E-state index contributed by atoms with van der Waals surface area (Å²) in [7, 11) is 0. The number of hydrogen-bond donors (Lipinski definition) is 0. The molecule has 1 aromatic heterocycles. The fraction of sp³-hybridized carbons (Fsp3) is 0.125. The minimum absolute atomic E-state index is 0.0125. The first kappa shape index (κ1) is 12.0. The number of halogens is 3. The zero-order valence-corrected chi connectivity index (χ0v) is 9.41. The van der Waals surface area contributed by atoms with Crippen LogP contribution in [0.5, 0.6) is 0 Å². The van der Waals surface area contributed by atoms with Crippen LogP contribution in [-0.4, -0.2) is 4.92 Å². The van der Waals surface area contributed by atoms with E-state index in [4.69, 9.17) is 0 Å². The van der Waals surface area contributed by atoms with E-state index in [0.29, 0.717) is 28.7 Å². The maximum absolute atomic E-state index is 12.7. The highest BCUT2D eigenvalue weighted by atomic mass is 32.2. The Bertz CT molecular complexity index is 658. The lowest BCUT2D eigenvalue weighted by Gasteiger charge is -2.06. The summed E-state index contributed by atoms with van der Waals surface area (Å²) in [6, 6.07) is 1.43. The van der Waals surface area contributed by atoms with Crippen LogP contribution >= 0.6 is 22.7 Å². The van der Waals surface area contributed by atoms with E-state index in [2.05, 4.69) is 0 Å². The smallest absolute Gasteiger partial charge is 0.265 e. The molecule has 0 aliphatic carbocycles. The van der Waals surface area contributed by atoms with Crippen molar-refractivity contribution in [2.45, 2.75) is 6.18 Å². The molecule has 0 atom stereocenters. The summed E-state index contributed by atoms with van der Waals surface area (Å²) in [6.07, 6.45) is -4.71. The summed E-state index contributed by atoms with van der Waals surface area (Å²) < 4.78 is 37.2. The third kappa shape index (κ3) is 2.15. The Labute approximate surface area is 99.1 Å². The molecular weight excluding hydrogens is 279 g/mol. The molecule has 0 aliphatic heterocycles. The molecule has 0 saturated carbocycles. The third-order valence-corrected chi connectivity index (χ3v) is 4.08. The number of fused-ring (bicyclic) bond motifs is 1. The first-order chi connectivity index (χ1) is 7.79. The average Bonchev–Trinajstić information content (AvgIpc) is 2.54. The molecule has 2 aromatic rings. The first-order valence-corrected chi connectivity index (χ1v) is 5.71. The maximum Gasteiger partial charge on any atom is 0.418 e. The summed E-state index contributed by atoms with van der Waals surface area (Å²) in [5, 5.41) is 10.5. The summed E-state index contributed by atoms with van der Waals surface area (Å²) in [4.78, 5) is 20.6. The van der Waals surface area contributed by atoms with E-state index < -0.39 is 26.4 Å². The molecule has 0 radical (unpaired) electrons. The van der Waals surface area contributed by atoms with E-state index in [1.807, 2.05) is 0 Å². The number of rotatable bonds is 1. The van der Waals surface area contributed by atoms with Gasteiger partial charge in [-0.05, 0) is 0 Å². The number of benzene rings is 1. The monoisotopic (exact) mass is 281 g/mol. The van der Waals surface area contributed by atoms with Crippen molar-refractivity contribution >= 4 is 37.8 Å². The lowest BCUT2D eigenvalue weighted by atomic mass is 10.2. The zero-order chi connectivity index (χ0) is 12.8. The second-order valence-corrected chi connectivity index (χ2v) is 5.29. The Morgan fingerprint density at radius 1 is 1.24 bits per heavy atom. The van der Waals surface area contributed by atoms with Gasteiger partial charge in [-0.3, -0.25) is 14.9 Å². The van der Waals surface area contributed by atoms with Gasteiger partial charge in [-0.25, -0.2) is 0 Å². The molecule has 9 heteroatoms. The normalized spacial score (nSPS) is 11.9. The van der Waals surface area contributed by atoms with E-state index in [0.717, 1.165) is 6.07 Å². The predicted octanol–water partition coefficient (Wildman–Crippen LogP) is 3.25. The van der Waals surface area contributed by atoms with E-state index in [1.165, 1.54) is 0 Å². The molecule has 0 N–H and O–H groups in total. The third-order valence-electron chi connectivity index (χ3n) is 1.93. The van der Waals surface area contributed by atoms with Gasteiger partial charge in [-0.2, -0.15) is 13.2 Å². The van der Waals surface area contributed by atoms with Crippen LogP contribution in [0.4, 0.5) is 18.9 Å². The Balaban J connectivity index is 2.87. The van der Waals surface area contributed by atoms with Crippen molar-refractivity contribution in [3.05, 3.63) is 36.7 Å². The second-order valence-electron chi connectivity index (χ2n) is 3.03. The predicted molar refractivity (Wildman–Crippen MR) is 57.6 cm³/mol. The van der Waals surface area contributed by atoms with E-state index in [9.17, 15) is 28.1 Å². The number of non-ortho nitro benzene ring substituents is 1. The van der Waals surface area contributed by atoms with Gasteiger partial charge < -0.3 is 0 Å². The minimum atomic E-state index is -4.71. The zero-order valence-electron chi connectivity index (χ0n) is 7.78. The van der Waals surface area contributed by atoms with Crippen molar-refractivity contribution in [2.75, 3.05) is 0 Å². The van der Waals surface area contributed by atoms with Gasteiger partial charge in [0.1, 0.15) is 0 Å². The van der Waals surface area contributed by atoms with Crippen LogP contribution in [0.2, 0.25) is 0 Å². The van der Waals surface area contributed by atoms with Crippen molar-refractivity contribution < 1.29 is 18.1 Å². The fourth-order valence-corrected chi connectivity index (χ4v) is 3.39. The first-order valence-electron chi connectivity index (χ1n) is 4.08. The van der Waals surface area contributed by atoms with Crippen LogP contribution in [0.15, 0.2) is 16.9 Å². The molecule has 2 rings (SSSR count). The Morgan fingerprint density at radius 2 is 1.88 bits per heavy atom. The summed E-state index contributed by atoms with van der Waals surface area (Å²) >= 11 is 1.02. The Hall–Kier alpha value is -1.48. The van der Waals surface area contributed by atoms with Gasteiger partial charge in [-0.15, -0.1) is 0 Å². The van der Waals surface area contributed by atoms with E-state index in [1.54, 1.807) is 0 Å². The largest absolute Gasteiger partial charge is 0.418 e. The van der Waals surface area contributed by atoms with Crippen LogP contribution in [0.3, 0.4) is 0 Å². The van der Waals surface area contributed by atoms with E-state index in [-0.39, 0.29) is 9.40 Å². The summed E-state index contributed by atoms with van der Waals surface area (Å²) in [5.74, 6) is 0. The highest BCUT2D eigenvalue weighted by Gasteiger charge is 2.35. The molecule has 90 valence electrons. The number of alkyl halides is 3. The molecule has 0 bridgehead atoms. The number of nitrogens with zero attached hydrogens (tertiary/aromatic N) is 1. The lowest BCUT2D eigenvalue weighted by molar-refractivity contribution is -0.385. The van der Waals surface area contributed by atoms with Crippen LogP contribution in [0.1, 0.15) is 5.56 Å². The van der Waals surface area contributed by atoms with Crippen molar-refractivity contribution in [1.82, 2.24) is 0 Å². The van der Waals surface area contributed by atoms with Gasteiger partial charge in [0.25, 0.3) is 9.74 Å². The standard InChI is InChI=1S/C8H2F3NO3S2/c9-8(10,11)4-1-3(12(14)15)2-5-6(4)17-7(13)16-5/h1-2H. The van der Waals surface area contributed by atoms with Crippen molar-refractivity contribution in [3.8, 4) is 0 Å². The molecular formula is C8H2F3NO3S2. The molecule has 0 unspecified atom stereocenters. The molecule has 4 nitrogen and oxygen atoms in total. The van der Waals surface area contributed by atoms with Crippen LogP contribution < -0.4 is 4.06 Å². The molecule has 0 amide bonds. The highest BCUT2D eigenvalue weighted by Crippen LogP contribution is 2.39. The fourth-order valence-electron chi connectivity index (χ4n) is 1.28. The molecule has 0 aliphatic rings. The minimum Gasteiger partial charge on any atom is -0.265 e. The summed E-state index contributed by atoms with van der Waals surface area (Å²) in [6.45, 7) is 0. The molecule has 0 fully saturated rings. The molecule has 17 heavy (non-hydrogen) atoms. The van der Waals surface area contributed by atoms with Crippen molar-refractivity contribution in [2.24, 2.45) is 0 Å². The van der Waals surface area contributed by atoms with Crippen LogP contribution in [0, 0.1) is 10.1 Å². The Morgan fingerprint density at radius 3 is 2.41 bits per heavy atom. The Kier molecular flexibility index (Phi) is 2.66. The quantitative estimate of drug-likeness (QED) is 0.595. The lowest BCUT2D eigenvalue weighted by Crippen LogP contribution is -2.05. The van der Waals surface area contributed by atoms with Crippen LogP contribution in [0.25, 0.3) is 9.40 Å². The van der Waals surface area contributed by atoms with Gasteiger partial charge in [0.05, 0.1) is 19.9 Å². The summed E-state index contributed by atoms with van der Waals surface area (Å²) in [5.41, 5.74) is -1.80. The highest BCUT2D eigenvalue weighted by molar-refractivity contribution is 7.35. The average molecular weight is 281 g/mol. The number of hydrogen-bond acceptors (Lipinski definition) is 5. The molecule has 0 spiro atoms. The molecule has 1 heterocycles. The second kappa shape index (κ2) is 3.77. The van der Waals surface area contributed by atoms with Crippen LogP contribution in [-0.2, 0) is 6.18 Å². The van der Waals surface area contributed by atoms with Gasteiger partial charge in [0.2, 0.25) is 0 Å². The maximum atomic E-state index is 12.7. The molecule has 0 saturated heterocycles. The van der Waals surface area contributed by atoms with Crippen molar-refractivity contribution in [1.29, 1.82) is 0 Å². The van der Waals surface area contributed by atoms with Gasteiger partial charge in [0.15, 0.2) is 0 Å². The topological polar surface area (TPSA) is 60.2 Å². The van der Waals surface area contributed by atoms with E-state index >= 15 is 0 Å². The SMILES string of the molecule is O=c1sc2cc([N+](=O)[O-])cc(C(F)(F)F)c2s1. The molecule has 1 aromatic carbocycles. The number of nitro benzene ring substituents is 1. The van der Waals surface area contributed by atoms with Gasteiger partial charge in [-0.1, -0.05) is 22.7 Å². The number of nitro groups is 1.